The molecule has 3 heteroatoms. The van der Waals surface area contributed by atoms with Gasteiger partial charge in [0.05, 0.1) is 5.71 Å². The predicted molar refractivity (Wildman–Crippen MR) is 72.5 cm³/mol. The van der Waals surface area contributed by atoms with Crippen LogP contribution in [0, 0.1) is 0 Å². The Kier molecular flexibility index (Phi) is 3.08. The summed E-state index contributed by atoms with van der Waals surface area (Å²) < 4.78 is 0. The van der Waals surface area contributed by atoms with Gasteiger partial charge in [0.1, 0.15) is 0 Å². The van der Waals surface area contributed by atoms with Crippen LogP contribution in [0.2, 0.25) is 0 Å². The minimum Gasteiger partial charge on any atom is -0.387 e. The molecule has 1 saturated heterocycles. The molecule has 1 unspecified atom stereocenters. The Labute approximate surface area is 108 Å². The van der Waals surface area contributed by atoms with Crippen LogP contribution in [-0.4, -0.2) is 29.3 Å². The summed E-state index contributed by atoms with van der Waals surface area (Å²) in [5.41, 5.74) is 2.58. The Balaban J connectivity index is 1.60. The van der Waals surface area contributed by atoms with Gasteiger partial charge in [0.25, 0.3) is 0 Å². The summed E-state index contributed by atoms with van der Waals surface area (Å²) in [7, 11) is 0. The molecular formula is C15H20N2O. The number of hydrogen-bond donors (Lipinski definition) is 0. The predicted octanol–water partition coefficient (Wildman–Crippen LogP) is 2.82. The summed E-state index contributed by atoms with van der Waals surface area (Å²) in [6.07, 6.45) is 3.14. The van der Waals surface area contributed by atoms with Crippen molar-refractivity contribution in [2.45, 2.75) is 38.3 Å². The molecule has 0 aliphatic carbocycles. The fourth-order valence-corrected chi connectivity index (χ4v) is 2.91. The molecule has 0 saturated carbocycles. The highest BCUT2D eigenvalue weighted by molar-refractivity contribution is 5.85. The molecule has 3 rings (SSSR count). The molecule has 2 aliphatic heterocycles. The Morgan fingerprint density at radius 1 is 1.33 bits per heavy atom. The van der Waals surface area contributed by atoms with E-state index in [2.05, 4.69) is 47.3 Å². The molecule has 0 bridgehead atoms. The van der Waals surface area contributed by atoms with Crippen molar-refractivity contribution in [2.24, 2.45) is 5.16 Å². The molecule has 0 N–H and O–H groups in total. The lowest BCUT2D eigenvalue weighted by Gasteiger charge is -2.21. The number of hydrogen-bond acceptors (Lipinski definition) is 3. The van der Waals surface area contributed by atoms with Crippen molar-refractivity contribution in [2.75, 3.05) is 13.1 Å². The van der Waals surface area contributed by atoms with Crippen molar-refractivity contribution in [3.8, 4) is 0 Å². The summed E-state index contributed by atoms with van der Waals surface area (Å²) in [6.45, 7) is 5.29. The molecule has 2 heterocycles. The zero-order valence-corrected chi connectivity index (χ0v) is 10.9. The molecule has 1 spiro atoms. The van der Waals surface area contributed by atoms with Crippen LogP contribution in [0.1, 0.15) is 31.7 Å². The lowest BCUT2D eigenvalue weighted by molar-refractivity contribution is -0.0104. The van der Waals surface area contributed by atoms with E-state index in [0.29, 0.717) is 0 Å². The Morgan fingerprint density at radius 3 is 2.89 bits per heavy atom. The van der Waals surface area contributed by atoms with Crippen LogP contribution in [-0.2, 0) is 11.4 Å². The van der Waals surface area contributed by atoms with E-state index < -0.39 is 0 Å². The number of oxime groups is 1. The minimum absolute atomic E-state index is 0.0138. The highest BCUT2D eigenvalue weighted by Crippen LogP contribution is 2.34. The maximum Gasteiger partial charge on any atom is 0.156 e. The molecule has 3 nitrogen and oxygen atoms in total. The zero-order chi connectivity index (χ0) is 12.4. The molecule has 1 fully saturated rings. The van der Waals surface area contributed by atoms with Gasteiger partial charge in [-0.1, -0.05) is 42.4 Å². The SMILES string of the molecule is CCC1=NOC2(CCN(Cc3ccccc3)C2)C1. The summed E-state index contributed by atoms with van der Waals surface area (Å²) in [5, 5.41) is 4.22. The first-order valence-corrected chi connectivity index (χ1v) is 6.80. The number of nitrogens with zero attached hydrogens (tertiary/aromatic N) is 2. The molecule has 1 aromatic carbocycles. The van der Waals surface area contributed by atoms with Crippen molar-refractivity contribution < 1.29 is 4.84 Å². The molecular weight excluding hydrogens is 224 g/mol. The molecule has 0 amide bonds. The van der Waals surface area contributed by atoms with Gasteiger partial charge in [-0.3, -0.25) is 4.90 Å². The standard InChI is InChI=1S/C15H20N2O/c1-2-14-10-15(18-16-14)8-9-17(12-15)11-13-6-4-3-5-7-13/h3-7H,2,8-12H2,1H3. The summed E-state index contributed by atoms with van der Waals surface area (Å²) in [6, 6.07) is 10.6. The van der Waals surface area contributed by atoms with Gasteiger partial charge in [-0.15, -0.1) is 0 Å². The van der Waals surface area contributed by atoms with E-state index in [0.717, 1.165) is 38.9 Å². The van der Waals surface area contributed by atoms with Crippen LogP contribution in [0.25, 0.3) is 0 Å². The number of rotatable bonds is 3. The first kappa shape index (κ1) is 11.7. The zero-order valence-electron chi connectivity index (χ0n) is 10.9. The second-order valence-corrected chi connectivity index (χ2v) is 5.41. The second-order valence-electron chi connectivity index (χ2n) is 5.41. The van der Waals surface area contributed by atoms with Gasteiger partial charge in [-0.2, -0.15) is 0 Å². The quantitative estimate of drug-likeness (QED) is 0.816. The number of benzene rings is 1. The summed E-state index contributed by atoms with van der Waals surface area (Å²) in [5.74, 6) is 0. The van der Waals surface area contributed by atoms with E-state index in [1.807, 2.05) is 0 Å². The third-order valence-electron chi connectivity index (χ3n) is 3.95. The minimum atomic E-state index is -0.0138. The largest absolute Gasteiger partial charge is 0.387 e. The first-order chi connectivity index (χ1) is 8.80. The van der Waals surface area contributed by atoms with Crippen LogP contribution in [0.4, 0.5) is 0 Å². The van der Waals surface area contributed by atoms with Crippen molar-refractivity contribution in [3.63, 3.8) is 0 Å². The smallest absolute Gasteiger partial charge is 0.156 e. The average molecular weight is 244 g/mol. The molecule has 0 radical (unpaired) electrons. The van der Waals surface area contributed by atoms with Gasteiger partial charge in [0.2, 0.25) is 0 Å². The molecule has 2 aliphatic rings. The Bertz CT molecular complexity index is 443. The summed E-state index contributed by atoms with van der Waals surface area (Å²) >= 11 is 0. The van der Waals surface area contributed by atoms with Crippen LogP contribution >= 0.6 is 0 Å². The van der Waals surface area contributed by atoms with E-state index in [9.17, 15) is 0 Å². The van der Waals surface area contributed by atoms with E-state index in [1.165, 1.54) is 11.3 Å². The van der Waals surface area contributed by atoms with Gasteiger partial charge in [-0.05, 0) is 12.0 Å². The average Bonchev–Trinajstić information content (AvgIpc) is 2.99. The molecule has 96 valence electrons. The van der Waals surface area contributed by atoms with Crippen LogP contribution < -0.4 is 0 Å². The van der Waals surface area contributed by atoms with E-state index in [4.69, 9.17) is 4.84 Å². The highest BCUT2D eigenvalue weighted by atomic mass is 16.7. The fraction of sp³-hybridized carbons (Fsp3) is 0.533. The van der Waals surface area contributed by atoms with Crippen molar-refractivity contribution in [3.05, 3.63) is 35.9 Å². The van der Waals surface area contributed by atoms with Crippen LogP contribution in [0.3, 0.4) is 0 Å². The lowest BCUT2D eigenvalue weighted by Crippen LogP contribution is -2.33. The third kappa shape index (κ3) is 2.27. The normalized spacial score (nSPS) is 27.5. The second kappa shape index (κ2) is 4.73. The Morgan fingerprint density at radius 2 is 2.17 bits per heavy atom. The van der Waals surface area contributed by atoms with Crippen LogP contribution in [0.5, 0.6) is 0 Å². The maximum atomic E-state index is 5.72. The van der Waals surface area contributed by atoms with Gasteiger partial charge in [0, 0.05) is 32.5 Å². The highest BCUT2D eigenvalue weighted by Gasteiger charge is 2.44. The van der Waals surface area contributed by atoms with E-state index in [1.54, 1.807) is 0 Å². The molecule has 0 aromatic heterocycles. The van der Waals surface area contributed by atoms with Gasteiger partial charge in [-0.25, -0.2) is 0 Å². The van der Waals surface area contributed by atoms with Gasteiger partial charge < -0.3 is 4.84 Å². The van der Waals surface area contributed by atoms with E-state index >= 15 is 0 Å². The Hall–Kier alpha value is -1.35. The van der Waals surface area contributed by atoms with Gasteiger partial charge >= 0.3 is 0 Å². The topological polar surface area (TPSA) is 24.8 Å². The monoisotopic (exact) mass is 244 g/mol. The number of likely N-dealkylation sites (tertiary alicyclic amines) is 1. The first-order valence-electron chi connectivity index (χ1n) is 6.80. The third-order valence-corrected chi connectivity index (χ3v) is 3.95. The van der Waals surface area contributed by atoms with Crippen molar-refractivity contribution in [1.82, 2.24) is 4.90 Å². The molecule has 1 atom stereocenters. The fourth-order valence-electron chi connectivity index (χ4n) is 2.91. The van der Waals surface area contributed by atoms with Crippen molar-refractivity contribution in [1.29, 1.82) is 0 Å². The maximum absolute atomic E-state index is 5.72. The lowest BCUT2D eigenvalue weighted by atomic mass is 9.96. The summed E-state index contributed by atoms with van der Waals surface area (Å²) in [4.78, 5) is 8.19. The van der Waals surface area contributed by atoms with Crippen molar-refractivity contribution >= 4 is 5.71 Å². The molecule has 1 aromatic rings. The van der Waals surface area contributed by atoms with Crippen LogP contribution in [0.15, 0.2) is 35.5 Å². The van der Waals surface area contributed by atoms with Gasteiger partial charge in [0.15, 0.2) is 5.60 Å². The molecule has 18 heavy (non-hydrogen) atoms. The van der Waals surface area contributed by atoms with E-state index in [-0.39, 0.29) is 5.60 Å².